The molecular formula is C17H23FN4O2S. The first-order valence-electron chi connectivity index (χ1n) is 8.27. The van der Waals surface area contributed by atoms with Crippen molar-refractivity contribution in [1.82, 2.24) is 20.1 Å². The molecule has 1 saturated heterocycles. The van der Waals surface area contributed by atoms with E-state index in [9.17, 15) is 4.39 Å². The SMILES string of the molecule is COc1cc(F)c(CSc2nnc([C@@H]3CCCNC3)n2C)cc1OC. The third-order valence-corrected chi connectivity index (χ3v) is 5.51. The fourth-order valence-electron chi connectivity index (χ4n) is 3.03. The van der Waals surface area contributed by atoms with E-state index in [0.717, 1.165) is 36.9 Å². The van der Waals surface area contributed by atoms with Crippen LogP contribution in [-0.2, 0) is 12.8 Å². The van der Waals surface area contributed by atoms with Gasteiger partial charge in [0, 0.05) is 36.9 Å². The number of methoxy groups -OCH3 is 2. The van der Waals surface area contributed by atoms with Gasteiger partial charge in [-0.3, -0.25) is 0 Å². The average Bonchev–Trinajstić information content (AvgIpc) is 3.01. The van der Waals surface area contributed by atoms with Crippen LogP contribution in [0.5, 0.6) is 11.5 Å². The molecule has 1 atom stereocenters. The molecule has 0 bridgehead atoms. The normalized spacial score (nSPS) is 17.5. The number of hydrogen-bond acceptors (Lipinski definition) is 6. The van der Waals surface area contributed by atoms with Crippen LogP contribution in [0.15, 0.2) is 17.3 Å². The molecule has 1 N–H and O–H groups in total. The van der Waals surface area contributed by atoms with Crippen molar-refractivity contribution < 1.29 is 13.9 Å². The van der Waals surface area contributed by atoms with Gasteiger partial charge in [-0.25, -0.2) is 4.39 Å². The summed E-state index contributed by atoms with van der Waals surface area (Å²) in [6.07, 6.45) is 2.27. The van der Waals surface area contributed by atoms with Crippen LogP contribution in [0.25, 0.3) is 0 Å². The molecule has 0 aliphatic carbocycles. The van der Waals surface area contributed by atoms with Gasteiger partial charge in [0.15, 0.2) is 16.7 Å². The van der Waals surface area contributed by atoms with Crippen molar-refractivity contribution >= 4 is 11.8 Å². The lowest BCUT2D eigenvalue weighted by atomic mass is 9.99. The number of ether oxygens (including phenoxy) is 2. The lowest BCUT2D eigenvalue weighted by Crippen LogP contribution is -2.29. The zero-order chi connectivity index (χ0) is 17.8. The van der Waals surface area contributed by atoms with Crippen molar-refractivity contribution in [1.29, 1.82) is 0 Å². The van der Waals surface area contributed by atoms with Gasteiger partial charge in [0.2, 0.25) is 0 Å². The number of benzene rings is 1. The summed E-state index contributed by atoms with van der Waals surface area (Å²) in [6.45, 7) is 2.00. The maximum atomic E-state index is 14.3. The van der Waals surface area contributed by atoms with E-state index in [4.69, 9.17) is 9.47 Å². The van der Waals surface area contributed by atoms with E-state index in [1.165, 1.54) is 24.9 Å². The molecule has 0 amide bonds. The maximum absolute atomic E-state index is 14.3. The molecule has 3 rings (SSSR count). The van der Waals surface area contributed by atoms with Gasteiger partial charge in [-0.2, -0.15) is 0 Å². The molecule has 25 heavy (non-hydrogen) atoms. The number of nitrogens with zero attached hydrogens (tertiary/aromatic N) is 3. The Labute approximate surface area is 151 Å². The number of hydrogen-bond donors (Lipinski definition) is 1. The Balaban J connectivity index is 1.73. The summed E-state index contributed by atoms with van der Waals surface area (Å²) < 4.78 is 26.6. The monoisotopic (exact) mass is 366 g/mol. The molecule has 2 heterocycles. The Bertz CT molecular complexity index is 732. The third-order valence-electron chi connectivity index (χ3n) is 4.44. The molecule has 0 spiro atoms. The van der Waals surface area contributed by atoms with Gasteiger partial charge in [-0.15, -0.1) is 10.2 Å². The van der Waals surface area contributed by atoms with Gasteiger partial charge in [0.25, 0.3) is 0 Å². The Morgan fingerprint density at radius 3 is 2.72 bits per heavy atom. The molecule has 1 aliphatic rings. The second-order valence-electron chi connectivity index (χ2n) is 6.03. The minimum Gasteiger partial charge on any atom is -0.493 e. The molecule has 1 aliphatic heterocycles. The summed E-state index contributed by atoms with van der Waals surface area (Å²) in [6, 6.07) is 3.02. The van der Waals surface area contributed by atoms with Crippen LogP contribution in [0, 0.1) is 5.82 Å². The summed E-state index contributed by atoms with van der Waals surface area (Å²) in [5.41, 5.74) is 0.548. The van der Waals surface area contributed by atoms with Crippen LogP contribution in [0.2, 0.25) is 0 Å². The maximum Gasteiger partial charge on any atom is 0.191 e. The third kappa shape index (κ3) is 3.90. The summed E-state index contributed by atoms with van der Waals surface area (Å²) in [5.74, 6) is 2.41. The quantitative estimate of drug-likeness (QED) is 0.794. The smallest absolute Gasteiger partial charge is 0.191 e. The Morgan fingerprint density at radius 1 is 1.28 bits per heavy atom. The van der Waals surface area contributed by atoms with E-state index in [1.54, 1.807) is 13.2 Å². The average molecular weight is 366 g/mol. The van der Waals surface area contributed by atoms with Gasteiger partial charge in [-0.1, -0.05) is 11.8 Å². The van der Waals surface area contributed by atoms with Gasteiger partial charge >= 0.3 is 0 Å². The van der Waals surface area contributed by atoms with Crippen molar-refractivity contribution in [2.24, 2.45) is 7.05 Å². The molecule has 136 valence electrons. The zero-order valence-electron chi connectivity index (χ0n) is 14.7. The number of halogens is 1. The molecule has 0 radical (unpaired) electrons. The number of piperidine rings is 1. The van der Waals surface area contributed by atoms with Gasteiger partial charge < -0.3 is 19.4 Å². The lowest BCUT2D eigenvalue weighted by molar-refractivity contribution is 0.352. The highest BCUT2D eigenvalue weighted by Crippen LogP contribution is 2.33. The molecule has 2 aromatic rings. The highest BCUT2D eigenvalue weighted by atomic mass is 32.2. The van der Waals surface area contributed by atoms with Gasteiger partial charge in [0.05, 0.1) is 14.2 Å². The predicted molar refractivity (Wildman–Crippen MR) is 94.9 cm³/mol. The lowest BCUT2D eigenvalue weighted by Gasteiger charge is -2.21. The zero-order valence-corrected chi connectivity index (χ0v) is 15.5. The predicted octanol–water partition coefficient (Wildman–Crippen LogP) is 2.73. The van der Waals surface area contributed by atoms with Gasteiger partial charge in [-0.05, 0) is 25.5 Å². The van der Waals surface area contributed by atoms with Crippen molar-refractivity contribution in [3.8, 4) is 11.5 Å². The number of rotatable bonds is 6. The molecular weight excluding hydrogens is 343 g/mol. The number of thioether (sulfide) groups is 1. The Morgan fingerprint density at radius 2 is 2.04 bits per heavy atom. The number of aromatic nitrogens is 3. The Hall–Kier alpha value is -1.80. The van der Waals surface area contributed by atoms with E-state index in [2.05, 4.69) is 15.5 Å². The van der Waals surface area contributed by atoms with Crippen LogP contribution >= 0.6 is 11.8 Å². The standard InChI is InChI=1S/C17H23FN4O2S/c1-22-16(11-5-4-6-19-9-11)20-21-17(22)25-10-12-7-14(23-2)15(24-3)8-13(12)18/h7-8,11,19H,4-6,9-10H2,1-3H3/t11-/m1/s1. The van der Waals surface area contributed by atoms with Crippen LogP contribution in [0.4, 0.5) is 4.39 Å². The molecule has 0 saturated carbocycles. The molecule has 0 unspecified atom stereocenters. The van der Waals surface area contributed by atoms with E-state index in [1.807, 2.05) is 11.6 Å². The molecule has 8 heteroatoms. The largest absolute Gasteiger partial charge is 0.493 e. The summed E-state index contributed by atoms with van der Waals surface area (Å²) in [7, 11) is 5.00. The Kier molecular flexibility index (Phi) is 5.80. The summed E-state index contributed by atoms with van der Waals surface area (Å²) in [4.78, 5) is 0. The molecule has 1 fully saturated rings. The van der Waals surface area contributed by atoms with Crippen LogP contribution < -0.4 is 14.8 Å². The highest BCUT2D eigenvalue weighted by Gasteiger charge is 2.22. The first-order chi connectivity index (χ1) is 12.1. The van der Waals surface area contributed by atoms with Crippen molar-refractivity contribution in [3.05, 3.63) is 29.3 Å². The van der Waals surface area contributed by atoms with Crippen LogP contribution in [0.3, 0.4) is 0 Å². The molecule has 6 nitrogen and oxygen atoms in total. The second kappa shape index (κ2) is 8.05. The summed E-state index contributed by atoms with van der Waals surface area (Å²) >= 11 is 1.46. The highest BCUT2D eigenvalue weighted by molar-refractivity contribution is 7.98. The number of nitrogens with one attached hydrogen (secondary N) is 1. The minimum absolute atomic E-state index is 0.316. The van der Waals surface area contributed by atoms with E-state index >= 15 is 0 Å². The first-order valence-corrected chi connectivity index (χ1v) is 9.25. The van der Waals surface area contributed by atoms with Crippen LogP contribution in [-0.4, -0.2) is 42.1 Å². The topological polar surface area (TPSA) is 61.2 Å². The van der Waals surface area contributed by atoms with Crippen LogP contribution in [0.1, 0.15) is 30.1 Å². The molecule has 1 aromatic carbocycles. The van der Waals surface area contributed by atoms with Crippen molar-refractivity contribution in [2.45, 2.75) is 29.7 Å². The summed E-state index contributed by atoms with van der Waals surface area (Å²) in [5, 5.41) is 12.8. The first kappa shape index (κ1) is 18.0. The van der Waals surface area contributed by atoms with E-state index < -0.39 is 0 Å². The van der Waals surface area contributed by atoms with Crippen molar-refractivity contribution in [3.63, 3.8) is 0 Å². The fourth-order valence-corrected chi connectivity index (χ4v) is 3.92. The van der Waals surface area contributed by atoms with E-state index in [0.29, 0.717) is 28.7 Å². The second-order valence-corrected chi connectivity index (χ2v) is 6.97. The molecule has 1 aromatic heterocycles. The minimum atomic E-state index is -0.316. The van der Waals surface area contributed by atoms with Gasteiger partial charge in [0.1, 0.15) is 11.6 Å². The fraction of sp³-hybridized carbons (Fsp3) is 0.529. The van der Waals surface area contributed by atoms with E-state index in [-0.39, 0.29) is 5.82 Å². The van der Waals surface area contributed by atoms with Crippen molar-refractivity contribution in [2.75, 3.05) is 27.3 Å².